The van der Waals surface area contributed by atoms with Gasteiger partial charge in [0.15, 0.2) is 0 Å². The second-order valence-corrected chi connectivity index (χ2v) is 2.95. The molecule has 0 fully saturated rings. The van der Waals surface area contributed by atoms with E-state index < -0.39 is 0 Å². The van der Waals surface area contributed by atoms with Crippen LogP contribution in [-0.4, -0.2) is 56.4 Å². The topological polar surface area (TPSA) is 64.6 Å². The quantitative estimate of drug-likeness (QED) is 0.481. The highest BCUT2D eigenvalue weighted by molar-refractivity contribution is 5.73. The smallest absolute Gasteiger partial charge is 0.316 e. The Bertz CT molecular complexity index is 139. The van der Waals surface area contributed by atoms with Gasteiger partial charge in [0.2, 0.25) is 0 Å². The van der Waals surface area contributed by atoms with E-state index in [1.165, 1.54) is 4.90 Å². The summed E-state index contributed by atoms with van der Waals surface area (Å²) in [7, 11) is 3.41. The predicted octanol–water partition coefficient (Wildman–Crippen LogP) is -0.770. The first-order chi connectivity index (χ1) is 6.18. The Hall–Kier alpha value is -0.810. The second kappa shape index (κ2) is 7.82. The first-order valence-corrected chi connectivity index (χ1v) is 4.45. The Morgan fingerprint density at radius 3 is 2.54 bits per heavy atom. The number of aliphatic hydroxyl groups is 1. The summed E-state index contributed by atoms with van der Waals surface area (Å²) in [6, 6.07) is -0.0797. The van der Waals surface area contributed by atoms with E-state index in [2.05, 4.69) is 10.6 Å². The molecule has 5 heteroatoms. The van der Waals surface area contributed by atoms with Crippen molar-refractivity contribution in [3.05, 3.63) is 0 Å². The zero-order chi connectivity index (χ0) is 10.1. The fourth-order valence-electron chi connectivity index (χ4n) is 0.745. The van der Waals surface area contributed by atoms with Gasteiger partial charge in [0.05, 0.1) is 0 Å². The highest BCUT2D eigenvalue weighted by Crippen LogP contribution is 1.75. The van der Waals surface area contributed by atoms with E-state index in [-0.39, 0.29) is 12.6 Å². The van der Waals surface area contributed by atoms with Crippen LogP contribution >= 0.6 is 0 Å². The number of urea groups is 1. The summed E-state index contributed by atoms with van der Waals surface area (Å²) in [4.78, 5) is 12.5. The molecule has 0 saturated heterocycles. The van der Waals surface area contributed by atoms with Gasteiger partial charge >= 0.3 is 6.03 Å². The maximum Gasteiger partial charge on any atom is 0.316 e. The highest BCUT2D eigenvalue weighted by Gasteiger charge is 1.99. The van der Waals surface area contributed by atoms with Crippen molar-refractivity contribution in [3.8, 4) is 0 Å². The Labute approximate surface area is 79.1 Å². The molecule has 0 rings (SSSR count). The van der Waals surface area contributed by atoms with Crippen molar-refractivity contribution in [2.75, 3.05) is 40.3 Å². The van der Waals surface area contributed by atoms with Gasteiger partial charge in [-0.15, -0.1) is 0 Å². The third kappa shape index (κ3) is 7.55. The molecule has 0 atom stereocenters. The molecule has 2 amide bonds. The molecule has 13 heavy (non-hydrogen) atoms. The van der Waals surface area contributed by atoms with E-state index >= 15 is 0 Å². The summed E-state index contributed by atoms with van der Waals surface area (Å²) in [5.74, 6) is 0. The zero-order valence-corrected chi connectivity index (χ0v) is 8.34. The number of nitrogens with one attached hydrogen (secondary N) is 2. The lowest BCUT2D eigenvalue weighted by Crippen LogP contribution is -2.38. The van der Waals surface area contributed by atoms with Crippen molar-refractivity contribution in [2.24, 2.45) is 0 Å². The molecular weight excluding hydrogens is 170 g/mol. The maximum atomic E-state index is 11.0. The van der Waals surface area contributed by atoms with Crippen LogP contribution in [0.25, 0.3) is 0 Å². The van der Waals surface area contributed by atoms with Crippen molar-refractivity contribution in [1.82, 2.24) is 15.5 Å². The van der Waals surface area contributed by atoms with E-state index in [0.29, 0.717) is 6.54 Å². The van der Waals surface area contributed by atoms with Crippen LogP contribution in [-0.2, 0) is 0 Å². The van der Waals surface area contributed by atoms with Crippen LogP contribution in [0.4, 0.5) is 4.79 Å². The maximum absolute atomic E-state index is 11.0. The molecule has 0 aliphatic rings. The van der Waals surface area contributed by atoms with Crippen LogP contribution < -0.4 is 10.6 Å². The van der Waals surface area contributed by atoms with Crippen LogP contribution in [0.5, 0.6) is 0 Å². The van der Waals surface area contributed by atoms with E-state index in [9.17, 15) is 4.79 Å². The van der Waals surface area contributed by atoms with Crippen molar-refractivity contribution in [1.29, 1.82) is 0 Å². The average Bonchev–Trinajstić information content (AvgIpc) is 2.10. The lowest BCUT2D eigenvalue weighted by molar-refractivity contribution is 0.217. The minimum Gasteiger partial charge on any atom is -0.396 e. The number of hydrogen-bond donors (Lipinski definition) is 3. The highest BCUT2D eigenvalue weighted by atomic mass is 16.3. The van der Waals surface area contributed by atoms with Gasteiger partial charge in [-0.05, 0) is 13.0 Å². The molecular formula is C8H19N3O2. The van der Waals surface area contributed by atoms with Crippen LogP contribution in [0, 0.1) is 0 Å². The Morgan fingerprint density at radius 1 is 1.31 bits per heavy atom. The molecule has 0 heterocycles. The predicted molar refractivity (Wildman–Crippen MR) is 51.7 cm³/mol. The lowest BCUT2D eigenvalue weighted by atomic mass is 10.4. The molecule has 0 aromatic heterocycles. The van der Waals surface area contributed by atoms with Gasteiger partial charge in [-0.1, -0.05) is 0 Å². The second-order valence-electron chi connectivity index (χ2n) is 2.95. The van der Waals surface area contributed by atoms with Crippen LogP contribution in [0.3, 0.4) is 0 Å². The van der Waals surface area contributed by atoms with E-state index in [1.807, 2.05) is 0 Å². The van der Waals surface area contributed by atoms with Gasteiger partial charge in [-0.25, -0.2) is 4.79 Å². The van der Waals surface area contributed by atoms with Gasteiger partial charge < -0.3 is 20.6 Å². The minimum absolute atomic E-state index is 0.0797. The largest absolute Gasteiger partial charge is 0.396 e. The van der Waals surface area contributed by atoms with E-state index in [0.717, 1.165) is 19.5 Å². The summed E-state index contributed by atoms with van der Waals surface area (Å²) in [5.41, 5.74) is 0. The molecule has 0 aromatic rings. The van der Waals surface area contributed by atoms with Gasteiger partial charge in [-0.3, -0.25) is 0 Å². The summed E-state index contributed by atoms with van der Waals surface area (Å²) in [6.45, 7) is 2.34. The van der Waals surface area contributed by atoms with Crippen molar-refractivity contribution >= 4 is 6.03 Å². The van der Waals surface area contributed by atoms with Gasteiger partial charge in [0, 0.05) is 33.8 Å². The molecule has 0 bridgehead atoms. The zero-order valence-electron chi connectivity index (χ0n) is 8.34. The first-order valence-electron chi connectivity index (χ1n) is 4.45. The molecule has 0 saturated carbocycles. The van der Waals surface area contributed by atoms with E-state index in [1.54, 1.807) is 14.1 Å². The number of amides is 2. The molecule has 0 radical (unpaired) electrons. The first kappa shape index (κ1) is 12.2. The third-order valence-corrected chi connectivity index (χ3v) is 1.50. The molecule has 0 spiro atoms. The monoisotopic (exact) mass is 189 g/mol. The van der Waals surface area contributed by atoms with Crippen LogP contribution in [0.1, 0.15) is 6.42 Å². The van der Waals surface area contributed by atoms with Gasteiger partial charge in [0.1, 0.15) is 0 Å². The SMILES string of the molecule is CN(C)C(=O)NCCNCCCO. The lowest BCUT2D eigenvalue weighted by Gasteiger charge is -2.11. The number of nitrogens with zero attached hydrogens (tertiary/aromatic N) is 1. The number of aliphatic hydroxyl groups excluding tert-OH is 1. The van der Waals surface area contributed by atoms with Gasteiger partial charge in [0.25, 0.3) is 0 Å². The summed E-state index contributed by atoms with van der Waals surface area (Å²) >= 11 is 0. The number of carbonyl (C=O) groups excluding carboxylic acids is 1. The van der Waals surface area contributed by atoms with Crippen LogP contribution in [0.15, 0.2) is 0 Å². The Balaban J connectivity index is 3.12. The summed E-state index contributed by atoms with van der Waals surface area (Å²) < 4.78 is 0. The molecule has 78 valence electrons. The molecule has 0 aliphatic heterocycles. The molecule has 0 unspecified atom stereocenters. The van der Waals surface area contributed by atoms with Crippen molar-refractivity contribution in [3.63, 3.8) is 0 Å². The van der Waals surface area contributed by atoms with Crippen molar-refractivity contribution < 1.29 is 9.90 Å². The Morgan fingerprint density at radius 2 is 2.00 bits per heavy atom. The normalized spacial score (nSPS) is 9.77. The molecule has 0 aliphatic carbocycles. The number of hydrogen-bond acceptors (Lipinski definition) is 3. The Kier molecular flexibility index (Phi) is 7.33. The van der Waals surface area contributed by atoms with E-state index in [4.69, 9.17) is 5.11 Å². The fraction of sp³-hybridized carbons (Fsp3) is 0.875. The van der Waals surface area contributed by atoms with Crippen molar-refractivity contribution in [2.45, 2.75) is 6.42 Å². The number of carbonyl (C=O) groups is 1. The van der Waals surface area contributed by atoms with Gasteiger partial charge in [-0.2, -0.15) is 0 Å². The third-order valence-electron chi connectivity index (χ3n) is 1.50. The molecule has 5 nitrogen and oxygen atoms in total. The average molecular weight is 189 g/mol. The standard InChI is InChI=1S/C8H19N3O2/c1-11(2)8(13)10-6-5-9-4-3-7-12/h9,12H,3-7H2,1-2H3,(H,10,13). The minimum atomic E-state index is -0.0797. The molecule has 0 aromatic carbocycles. The molecule has 3 N–H and O–H groups in total. The number of rotatable bonds is 6. The summed E-state index contributed by atoms with van der Waals surface area (Å²) in [6.07, 6.45) is 0.752. The van der Waals surface area contributed by atoms with Crippen LogP contribution in [0.2, 0.25) is 0 Å². The fourth-order valence-corrected chi connectivity index (χ4v) is 0.745. The summed E-state index contributed by atoms with van der Waals surface area (Å²) in [5, 5.41) is 14.3.